The monoisotopic (exact) mass is 346 g/mol. The number of nitrogens with one attached hydrogen (secondary N) is 1. The van der Waals surface area contributed by atoms with Gasteiger partial charge in [-0.05, 0) is 41.4 Å². The summed E-state index contributed by atoms with van der Waals surface area (Å²) >= 11 is 2.89. The zero-order chi connectivity index (χ0) is 16.2. The van der Waals surface area contributed by atoms with E-state index in [2.05, 4.69) is 10.3 Å². The molecule has 23 heavy (non-hydrogen) atoms. The van der Waals surface area contributed by atoms with E-state index < -0.39 is 0 Å². The Labute approximate surface area is 142 Å². The highest BCUT2D eigenvalue weighted by atomic mass is 32.2. The van der Waals surface area contributed by atoms with Crippen LogP contribution in [0.3, 0.4) is 0 Å². The van der Waals surface area contributed by atoms with Gasteiger partial charge in [-0.25, -0.2) is 4.99 Å². The van der Waals surface area contributed by atoms with Crippen molar-refractivity contribution in [2.75, 3.05) is 14.2 Å². The number of carbonyl (C=O) groups is 1. The minimum absolute atomic E-state index is 0.144. The molecule has 0 atom stereocenters. The molecule has 2 aromatic rings. The van der Waals surface area contributed by atoms with Gasteiger partial charge in [-0.3, -0.25) is 4.79 Å². The van der Waals surface area contributed by atoms with Gasteiger partial charge in [0.2, 0.25) is 0 Å². The topological polar surface area (TPSA) is 59.9 Å². The largest absolute Gasteiger partial charge is 0.497 e. The molecule has 1 saturated heterocycles. The van der Waals surface area contributed by atoms with E-state index in [0.717, 1.165) is 4.88 Å². The second-order valence-corrected chi connectivity index (χ2v) is 6.54. The molecule has 1 aromatic carbocycles. The fraction of sp³-hybridized carbons (Fsp3) is 0.125. The van der Waals surface area contributed by atoms with Crippen molar-refractivity contribution in [3.05, 3.63) is 45.5 Å². The number of rotatable bonds is 4. The van der Waals surface area contributed by atoms with E-state index in [0.29, 0.717) is 27.3 Å². The number of methoxy groups -OCH3 is 2. The lowest BCUT2D eigenvalue weighted by Crippen LogP contribution is -2.19. The van der Waals surface area contributed by atoms with Crippen LogP contribution in [0.25, 0.3) is 6.08 Å². The fourth-order valence-corrected chi connectivity index (χ4v) is 3.53. The van der Waals surface area contributed by atoms with E-state index in [1.54, 1.807) is 43.8 Å². The Balaban J connectivity index is 1.86. The van der Waals surface area contributed by atoms with Crippen molar-refractivity contribution in [1.82, 2.24) is 5.32 Å². The highest BCUT2D eigenvalue weighted by molar-refractivity contribution is 8.18. The Bertz CT molecular complexity index is 783. The number of ether oxygens (including phenoxy) is 2. The maximum Gasteiger partial charge on any atom is 0.264 e. The Morgan fingerprint density at radius 3 is 2.78 bits per heavy atom. The molecule has 118 valence electrons. The van der Waals surface area contributed by atoms with Gasteiger partial charge < -0.3 is 14.8 Å². The van der Waals surface area contributed by atoms with Crippen LogP contribution in [-0.2, 0) is 4.79 Å². The van der Waals surface area contributed by atoms with Crippen LogP contribution in [0, 0.1) is 0 Å². The van der Waals surface area contributed by atoms with Crippen LogP contribution in [0.2, 0.25) is 0 Å². The van der Waals surface area contributed by atoms with Crippen molar-refractivity contribution in [1.29, 1.82) is 0 Å². The molecule has 1 aliphatic heterocycles. The molecule has 0 unspecified atom stereocenters. The second-order valence-electron chi connectivity index (χ2n) is 4.53. The van der Waals surface area contributed by atoms with Crippen molar-refractivity contribution < 1.29 is 14.3 Å². The summed E-state index contributed by atoms with van der Waals surface area (Å²) < 4.78 is 10.5. The quantitative estimate of drug-likeness (QED) is 0.859. The Morgan fingerprint density at radius 2 is 2.09 bits per heavy atom. The predicted molar refractivity (Wildman–Crippen MR) is 94.7 cm³/mol. The molecule has 5 nitrogen and oxygen atoms in total. The summed E-state index contributed by atoms with van der Waals surface area (Å²) in [7, 11) is 3.16. The number of thioether (sulfide) groups is 1. The Kier molecular flexibility index (Phi) is 4.68. The third-order valence-electron chi connectivity index (χ3n) is 3.08. The number of benzene rings is 1. The van der Waals surface area contributed by atoms with Crippen molar-refractivity contribution in [3.63, 3.8) is 0 Å². The highest BCUT2D eigenvalue weighted by Gasteiger charge is 2.24. The fourth-order valence-electron chi connectivity index (χ4n) is 1.97. The molecular formula is C16H14N2O3S2. The van der Waals surface area contributed by atoms with Gasteiger partial charge in [-0.15, -0.1) is 11.3 Å². The molecule has 0 aliphatic carbocycles. The van der Waals surface area contributed by atoms with Crippen molar-refractivity contribution in [2.45, 2.75) is 0 Å². The maximum absolute atomic E-state index is 12.0. The van der Waals surface area contributed by atoms with Gasteiger partial charge in [0.25, 0.3) is 5.91 Å². The van der Waals surface area contributed by atoms with E-state index in [9.17, 15) is 4.79 Å². The van der Waals surface area contributed by atoms with Crippen LogP contribution in [0.15, 0.2) is 45.6 Å². The summed E-state index contributed by atoms with van der Waals surface area (Å²) in [6.07, 6.45) is 1.86. The van der Waals surface area contributed by atoms with Crippen molar-refractivity contribution in [3.8, 4) is 11.5 Å². The molecule has 2 heterocycles. The van der Waals surface area contributed by atoms with Gasteiger partial charge >= 0.3 is 0 Å². The highest BCUT2D eigenvalue weighted by Crippen LogP contribution is 2.34. The Morgan fingerprint density at radius 1 is 1.22 bits per heavy atom. The smallest absolute Gasteiger partial charge is 0.264 e. The van der Waals surface area contributed by atoms with Crippen LogP contribution >= 0.6 is 23.1 Å². The first-order chi connectivity index (χ1) is 11.2. The molecule has 0 radical (unpaired) electrons. The van der Waals surface area contributed by atoms with Crippen LogP contribution in [-0.4, -0.2) is 25.3 Å². The average molecular weight is 346 g/mol. The zero-order valence-corrected chi connectivity index (χ0v) is 14.2. The maximum atomic E-state index is 12.0. The van der Waals surface area contributed by atoms with Crippen LogP contribution < -0.4 is 14.8 Å². The van der Waals surface area contributed by atoms with Crippen LogP contribution in [0.4, 0.5) is 5.69 Å². The van der Waals surface area contributed by atoms with E-state index in [4.69, 9.17) is 9.47 Å². The third kappa shape index (κ3) is 3.57. The number of amidine groups is 1. The normalized spacial score (nSPS) is 17.6. The summed E-state index contributed by atoms with van der Waals surface area (Å²) in [5.41, 5.74) is 0.633. The van der Waals surface area contributed by atoms with Crippen molar-refractivity contribution >= 4 is 45.9 Å². The zero-order valence-electron chi connectivity index (χ0n) is 12.5. The molecule has 1 aromatic heterocycles. The number of hydrogen-bond donors (Lipinski definition) is 1. The molecule has 1 N–H and O–H groups in total. The van der Waals surface area contributed by atoms with Gasteiger partial charge in [-0.2, -0.15) is 0 Å². The van der Waals surface area contributed by atoms with E-state index in [-0.39, 0.29) is 5.91 Å². The second kappa shape index (κ2) is 6.89. The average Bonchev–Trinajstić information content (AvgIpc) is 3.18. The summed E-state index contributed by atoms with van der Waals surface area (Å²) in [4.78, 5) is 18.1. The number of carbonyl (C=O) groups excluding carboxylic acids is 1. The van der Waals surface area contributed by atoms with Crippen LogP contribution in [0.5, 0.6) is 11.5 Å². The van der Waals surface area contributed by atoms with Gasteiger partial charge in [0.15, 0.2) is 5.17 Å². The first kappa shape index (κ1) is 15.6. The molecule has 0 bridgehead atoms. The summed E-state index contributed by atoms with van der Waals surface area (Å²) in [5, 5.41) is 5.27. The Hall–Kier alpha value is -2.25. The molecule has 0 spiro atoms. The lowest BCUT2D eigenvalue weighted by molar-refractivity contribution is -0.115. The molecule has 1 fully saturated rings. The van der Waals surface area contributed by atoms with E-state index >= 15 is 0 Å². The number of thiophene rings is 1. The summed E-state index contributed by atoms with van der Waals surface area (Å²) in [6, 6.07) is 9.26. The van der Waals surface area contributed by atoms with E-state index in [1.807, 2.05) is 23.6 Å². The number of amides is 1. The molecule has 1 aliphatic rings. The summed E-state index contributed by atoms with van der Waals surface area (Å²) in [6.45, 7) is 0. The lowest BCUT2D eigenvalue weighted by Gasteiger charge is -2.07. The summed E-state index contributed by atoms with van der Waals surface area (Å²) in [5.74, 6) is 1.13. The molecule has 7 heteroatoms. The van der Waals surface area contributed by atoms with Gasteiger partial charge in [0, 0.05) is 10.9 Å². The minimum atomic E-state index is -0.144. The SMILES string of the molecule is COc1ccc(N=C2NC(=O)C(=Cc3cccs3)S2)c(OC)c1. The van der Waals surface area contributed by atoms with Gasteiger partial charge in [-0.1, -0.05) is 6.07 Å². The van der Waals surface area contributed by atoms with Crippen LogP contribution in [0.1, 0.15) is 4.88 Å². The minimum Gasteiger partial charge on any atom is -0.497 e. The van der Waals surface area contributed by atoms with E-state index in [1.165, 1.54) is 11.8 Å². The molecule has 3 rings (SSSR count). The number of hydrogen-bond acceptors (Lipinski definition) is 6. The van der Waals surface area contributed by atoms with Crippen molar-refractivity contribution in [2.24, 2.45) is 4.99 Å². The number of nitrogens with zero attached hydrogens (tertiary/aromatic N) is 1. The van der Waals surface area contributed by atoms with Gasteiger partial charge in [0.05, 0.1) is 19.1 Å². The number of aliphatic imine (C=N–C) groups is 1. The lowest BCUT2D eigenvalue weighted by atomic mass is 10.3. The predicted octanol–water partition coefficient (Wildman–Crippen LogP) is 3.66. The molecular weight excluding hydrogens is 332 g/mol. The molecule has 0 saturated carbocycles. The first-order valence-electron chi connectivity index (χ1n) is 6.74. The van der Waals surface area contributed by atoms with Gasteiger partial charge in [0.1, 0.15) is 17.2 Å². The molecule has 1 amide bonds. The standard InChI is InChI=1S/C16H14N2O3S2/c1-20-10-5-6-12(13(8-10)21-2)17-16-18-15(19)14(23-16)9-11-4-3-7-22-11/h3-9H,1-2H3,(H,17,18,19). The third-order valence-corrected chi connectivity index (χ3v) is 4.81. The first-order valence-corrected chi connectivity index (χ1v) is 8.44.